The van der Waals surface area contributed by atoms with E-state index < -0.39 is 0 Å². The van der Waals surface area contributed by atoms with Gasteiger partial charge in [-0.2, -0.15) is 10.2 Å². The highest BCUT2D eigenvalue weighted by Crippen LogP contribution is 2.28. The third-order valence-corrected chi connectivity index (χ3v) is 2.18. The summed E-state index contributed by atoms with van der Waals surface area (Å²) in [6, 6.07) is 0. The second-order valence-corrected chi connectivity index (χ2v) is 3.47. The first kappa shape index (κ1) is 9.17. The van der Waals surface area contributed by atoms with Crippen LogP contribution in [-0.4, -0.2) is 0 Å². The molecule has 0 N–H and O–H groups in total. The van der Waals surface area contributed by atoms with Crippen molar-refractivity contribution in [3.63, 3.8) is 0 Å². The van der Waals surface area contributed by atoms with Crippen molar-refractivity contribution in [2.24, 2.45) is 15.6 Å². The molecule has 0 fully saturated rings. The number of allylic oxidation sites excluding steroid dienone is 2. The fraction of sp³-hybridized carbons (Fsp3) is 0.600. The second kappa shape index (κ2) is 4.19. The molecule has 12 heavy (non-hydrogen) atoms. The molecule has 66 valence electrons. The lowest BCUT2D eigenvalue weighted by Gasteiger charge is -2.19. The quantitative estimate of drug-likeness (QED) is 0.608. The molecule has 0 aromatic carbocycles. The molecule has 0 bridgehead atoms. The summed E-state index contributed by atoms with van der Waals surface area (Å²) in [5, 5.41) is 7.66. The molecule has 0 aliphatic carbocycles. The van der Waals surface area contributed by atoms with E-state index >= 15 is 0 Å². The standard InChI is InChI=1S/C10H16N2/c1-3-4-5-10(2)6-8-11-12-9-7-10/h6-9H,3-5H2,1-2H3. The van der Waals surface area contributed by atoms with Crippen LogP contribution in [0, 0.1) is 5.41 Å². The van der Waals surface area contributed by atoms with Crippen LogP contribution in [0.5, 0.6) is 0 Å². The molecule has 0 aromatic rings. The van der Waals surface area contributed by atoms with Crippen molar-refractivity contribution in [3.8, 4) is 0 Å². The molecule has 0 amide bonds. The van der Waals surface area contributed by atoms with Crippen molar-refractivity contribution in [3.05, 3.63) is 24.6 Å². The minimum atomic E-state index is 0.166. The third-order valence-electron chi connectivity index (χ3n) is 2.18. The van der Waals surface area contributed by atoms with Crippen LogP contribution in [0.25, 0.3) is 0 Å². The smallest absolute Gasteiger partial charge is 0.0464 e. The van der Waals surface area contributed by atoms with Gasteiger partial charge < -0.3 is 0 Å². The van der Waals surface area contributed by atoms with E-state index in [0.29, 0.717) is 0 Å². The highest BCUT2D eigenvalue weighted by atomic mass is 15.1. The molecular formula is C10H16N2. The summed E-state index contributed by atoms with van der Waals surface area (Å²) >= 11 is 0. The van der Waals surface area contributed by atoms with Gasteiger partial charge >= 0.3 is 0 Å². The Morgan fingerprint density at radius 3 is 2.25 bits per heavy atom. The van der Waals surface area contributed by atoms with Crippen molar-refractivity contribution in [1.29, 1.82) is 0 Å². The van der Waals surface area contributed by atoms with Crippen molar-refractivity contribution < 1.29 is 0 Å². The van der Waals surface area contributed by atoms with Crippen LogP contribution < -0.4 is 0 Å². The summed E-state index contributed by atoms with van der Waals surface area (Å²) in [7, 11) is 0. The molecule has 2 heteroatoms. The van der Waals surface area contributed by atoms with Crippen LogP contribution in [0.3, 0.4) is 0 Å². The van der Waals surface area contributed by atoms with E-state index in [-0.39, 0.29) is 5.41 Å². The fourth-order valence-electron chi connectivity index (χ4n) is 1.26. The lowest BCUT2D eigenvalue weighted by atomic mass is 9.85. The molecule has 0 atom stereocenters. The van der Waals surface area contributed by atoms with Crippen molar-refractivity contribution in [2.45, 2.75) is 33.1 Å². The Bertz CT molecular complexity index is 198. The van der Waals surface area contributed by atoms with E-state index in [9.17, 15) is 0 Å². The second-order valence-electron chi connectivity index (χ2n) is 3.47. The highest BCUT2D eigenvalue weighted by molar-refractivity contribution is 5.10. The summed E-state index contributed by atoms with van der Waals surface area (Å²) < 4.78 is 0. The normalized spacial score (nSPS) is 19.5. The van der Waals surface area contributed by atoms with Gasteiger partial charge in [0.25, 0.3) is 0 Å². The van der Waals surface area contributed by atoms with Gasteiger partial charge in [0, 0.05) is 17.8 Å². The van der Waals surface area contributed by atoms with Gasteiger partial charge in [0.2, 0.25) is 0 Å². The first-order valence-electron chi connectivity index (χ1n) is 4.52. The molecule has 1 aliphatic heterocycles. The van der Waals surface area contributed by atoms with E-state index in [2.05, 4.69) is 36.2 Å². The van der Waals surface area contributed by atoms with Crippen molar-refractivity contribution in [2.75, 3.05) is 0 Å². The lowest BCUT2D eigenvalue weighted by Crippen LogP contribution is -2.08. The van der Waals surface area contributed by atoms with Crippen LogP contribution in [0.2, 0.25) is 0 Å². The zero-order chi connectivity index (χ0) is 8.86. The van der Waals surface area contributed by atoms with Crippen molar-refractivity contribution in [1.82, 2.24) is 0 Å². The van der Waals surface area contributed by atoms with Gasteiger partial charge in [-0.25, -0.2) is 0 Å². The monoisotopic (exact) mass is 164 g/mol. The molecule has 0 aromatic heterocycles. The van der Waals surface area contributed by atoms with E-state index in [1.165, 1.54) is 19.3 Å². The number of unbranched alkanes of at least 4 members (excludes halogenated alkanes) is 1. The predicted molar refractivity (Wildman–Crippen MR) is 50.8 cm³/mol. The zero-order valence-corrected chi connectivity index (χ0v) is 7.83. The largest absolute Gasteiger partial charge is 0.159 e. The Balaban J connectivity index is 2.57. The average Bonchev–Trinajstić information content (AvgIpc) is 2.27. The van der Waals surface area contributed by atoms with Crippen LogP contribution >= 0.6 is 0 Å². The number of hydrogen-bond donors (Lipinski definition) is 0. The predicted octanol–water partition coefficient (Wildman–Crippen LogP) is 3.68. The SMILES string of the molecule is CCCCC1(C)C=CN=NC=C1. The summed E-state index contributed by atoms with van der Waals surface area (Å²) in [6.45, 7) is 4.42. The summed E-state index contributed by atoms with van der Waals surface area (Å²) in [5.41, 5.74) is 0.166. The van der Waals surface area contributed by atoms with E-state index in [1.54, 1.807) is 12.4 Å². The Morgan fingerprint density at radius 1 is 1.17 bits per heavy atom. The Hall–Kier alpha value is -0.920. The minimum absolute atomic E-state index is 0.166. The van der Waals surface area contributed by atoms with Crippen molar-refractivity contribution >= 4 is 0 Å². The Morgan fingerprint density at radius 2 is 1.75 bits per heavy atom. The summed E-state index contributed by atoms with van der Waals surface area (Å²) in [6.07, 6.45) is 11.5. The van der Waals surface area contributed by atoms with Gasteiger partial charge in [0.1, 0.15) is 0 Å². The summed E-state index contributed by atoms with van der Waals surface area (Å²) in [4.78, 5) is 0. The fourth-order valence-corrected chi connectivity index (χ4v) is 1.26. The van der Waals surface area contributed by atoms with Gasteiger partial charge in [-0.05, 0) is 6.42 Å². The number of azo groups is 1. The van der Waals surface area contributed by atoms with Gasteiger partial charge in [0.15, 0.2) is 0 Å². The van der Waals surface area contributed by atoms with Gasteiger partial charge in [-0.3, -0.25) is 0 Å². The van der Waals surface area contributed by atoms with Crippen LogP contribution in [-0.2, 0) is 0 Å². The molecule has 2 nitrogen and oxygen atoms in total. The number of hydrogen-bond acceptors (Lipinski definition) is 2. The average molecular weight is 164 g/mol. The molecule has 0 spiro atoms. The van der Waals surface area contributed by atoms with Crippen LogP contribution in [0.4, 0.5) is 0 Å². The minimum Gasteiger partial charge on any atom is -0.159 e. The molecule has 0 unspecified atom stereocenters. The van der Waals surface area contributed by atoms with Gasteiger partial charge in [-0.1, -0.05) is 38.8 Å². The summed E-state index contributed by atoms with van der Waals surface area (Å²) in [5.74, 6) is 0. The number of rotatable bonds is 3. The molecule has 1 aliphatic rings. The van der Waals surface area contributed by atoms with E-state index in [4.69, 9.17) is 0 Å². The molecule has 1 heterocycles. The maximum Gasteiger partial charge on any atom is 0.0464 e. The molecule has 0 radical (unpaired) electrons. The van der Waals surface area contributed by atoms with Gasteiger partial charge in [0.05, 0.1) is 0 Å². The van der Waals surface area contributed by atoms with E-state index in [0.717, 1.165) is 0 Å². The zero-order valence-electron chi connectivity index (χ0n) is 7.83. The number of nitrogens with zero attached hydrogens (tertiary/aromatic N) is 2. The third kappa shape index (κ3) is 2.61. The van der Waals surface area contributed by atoms with Crippen LogP contribution in [0.1, 0.15) is 33.1 Å². The van der Waals surface area contributed by atoms with E-state index in [1.807, 2.05) is 0 Å². The molecule has 0 saturated carbocycles. The lowest BCUT2D eigenvalue weighted by molar-refractivity contribution is 0.474. The maximum absolute atomic E-state index is 3.83. The molecule has 1 rings (SSSR count). The molecular weight excluding hydrogens is 148 g/mol. The maximum atomic E-state index is 3.83. The van der Waals surface area contributed by atoms with Gasteiger partial charge in [-0.15, -0.1) is 0 Å². The highest BCUT2D eigenvalue weighted by Gasteiger charge is 2.16. The first-order chi connectivity index (χ1) is 5.77. The Labute approximate surface area is 74.1 Å². The molecule has 0 saturated heterocycles. The Kier molecular flexibility index (Phi) is 3.20. The topological polar surface area (TPSA) is 24.7 Å². The first-order valence-corrected chi connectivity index (χ1v) is 4.52. The van der Waals surface area contributed by atoms with Crippen LogP contribution in [0.15, 0.2) is 34.8 Å².